The lowest BCUT2D eigenvalue weighted by Gasteiger charge is -2.38. The van der Waals surface area contributed by atoms with Gasteiger partial charge >= 0.3 is 7.60 Å². The fourth-order valence-corrected chi connectivity index (χ4v) is 6.30. The van der Waals surface area contributed by atoms with Gasteiger partial charge in [-0.3, -0.25) is 14.4 Å². The van der Waals surface area contributed by atoms with E-state index in [0.29, 0.717) is 19.2 Å². The lowest BCUT2D eigenvalue weighted by atomic mass is 10.1. The minimum Gasteiger partial charge on any atom is -0.360 e. The van der Waals surface area contributed by atoms with Gasteiger partial charge in [0.05, 0.1) is 18.9 Å². The first-order valence-electron chi connectivity index (χ1n) is 12.5. The maximum Gasteiger partial charge on any atom is 0.367 e. The largest absolute Gasteiger partial charge is 0.367 e. The molecule has 1 aromatic carbocycles. The molecule has 1 fully saturated rings. The van der Waals surface area contributed by atoms with Crippen molar-refractivity contribution in [3.8, 4) is 11.3 Å². The first-order valence-corrected chi connectivity index (χ1v) is 14.1. The molecule has 10 heteroatoms. The van der Waals surface area contributed by atoms with Crippen LogP contribution in [-0.2, 0) is 13.6 Å². The second-order valence-corrected chi connectivity index (χ2v) is 10.7. The van der Waals surface area contributed by atoms with E-state index in [1.54, 1.807) is 18.6 Å². The third-order valence-electron chi connectivity index (χ3n) is 6.05. The quantitative estimate of drug-likeness (QED) is 0.299. The first kappa shape index (κ1) is 26.2. The van der Waals surface area contributed by atoms with Crippen molar-refractivity contribution in [2.75, 3.05) is 36.9 Å². The molecule has 9 nitrogen and oxygen atoms in total. The second kappa shape index (κ2) is 12.4. The number of anilines is 3. The highest BCUT2D eigenvalue weighted by atomic mass is 31.2. The van der Waals surface area contributed by atoms with Crippen molar-refractivity contribution in [1.29, 1.82) is 0 Å². The monoisotopic (exact) mass is 510 g/mol. The number of piperidine rings is 1. The molecule has 0 amide bonds. The number of aromatic nitrogens is 3. The molecule has 36 heavy (non-hydrogen) atoms. The van der Waals surface area contributed by atoms with Gasteiger partial charge < -0.3 is 19.7 Å². The van der Waals surface area contributed by atoms with E-state index in [0.717, 1.165) is 54.1 Å². The first-order chi connectivity index (χ1) is 17.5. The summed E-state index contributed by atoms with van der Waals surface area (Å²) in [4.78, 5) is 15.4. The minimum absolute atomic E-state index is 0.314. The van der Waals surface area contributed by atoms with E-state index in [-0.39, 0.29) is 0 Å². The van der Waals surface area contributed by atoms with Crippen LogP contribution in [0, 0.1) is 6.92 Å². The van der Waals surface area contributed by atoms with Crippen LogP contribution in [0.2, 0.25) is 0 Å². The van der Waals surface area contributed by atoms with Crippen molar-refractivity contribution in [3.63, 3.8) is 0 Å². The lowest BCUT2D eigenvalue weighted by molar-refractivity contribution is 0.157. The lowest BCUT2D eigenvalue weighted by Crippen LogP contribution is -2.44. The summed E-state index contributed by atoms with van der Waals surface area (Å²) in [5, 5.41) is 6.81. The highest BCUT2D eigenvalue weighted by Gasteiger charge is 2.40. The fraction of sp³-hybridized carbons (Fsp3) is 0.423. The molecule has 1 atom stereocenters. The van der Waals surface area contributed by atoms with Gasteiger partial charge in [0.1, 0.15) is 0 Å². The van der Waals surface area contributed by atoms with Crippen LogP contribution in [-0.4, -0.2) is 52.1 Å². The molecule has 1 unspecified atom stereocenters. The third kappa shape index (κ3) is 6.48. The molecular formula is C26H35N6O3P. The number of hydrogen-bond acceptors (Lipinski definition) is 9. The number of hydrogen-bond donors (Lipinski definition) is 2. The second-order valence-electron chi connectivity index (χ2n) is 8.65. The van der Waals surface area contributed by atoms with E-state index in [1.165, 1.54) is 6.42 Å². The standard InChI is InChI=1S/C26H35N6O3P/c1-4-34-36(33,35-5-2)26(32-16-7-6-8-17-32)29-22-12-11-20(3)24(18-22)31-25-28-15-13-23(30-25)21-10-9-14-27-19-21/h9-15,18-19,26,29H,4-8,16-17H2,1-3H3,(H,28,30,31). The van der Waals surface area contributed by atoms with Crippen LogP contribution >= 0.6 is 7.60 Å². The molecule has 3 heterocycles. The highest BCUT2D eigenvalue weighted by molar-refractivity contribution is 7.54. The van der Waals surface area contributed by atoms with Gasteiger partial charge in [0.25, 0.3) is 0 Å². The SMILES string of the molecule is CCOP(=O)(OCC)C(Nc1ccc(C)c(Nc2nccc(-c3cccnc3)n2)c1)N1CCCCC1. The van der Waals surface area contributed by atoms with Gasteiger partial charge in [0, 0.05) is 48.6 Å². The summed E-state index contributed by atoms with van der Waals surface area (Å²) in [6.07, 6.45) is 8.52. The summed E-state index contributed by atoms with van der Waals surface area (Å²) in [5.41, 5.74) is 4.39. The smallest absolute Gasteiger partial charge is 0.360 e. The topological polar surface area (TPSA) is 102 Å². The number of nitrogens with zero attached hydrogens (tertiary/aromatic N) is 4. The molecule has 2 N–H and O–H groups in total. The molecular weight excluding hydrogens is 475 g/mol. The van der Waals surface area contributed by atoms with E-state index in [4.69, 9.17) is 9.05 Å². The fourth-order valence-electron chi connectivity index (χ4n) is 4.28. The van der Waals surface area contributed by atoms with Crippen molar-refractivity contribution < 1.29 is 13.6 Å². The Kier molecular flexibility index (Phi) is 9.04. The summed E-state index contributed by atoms with van der Waals surface area (Å²) in [5.74, 6) is -0.0862. The van der Waals surface area contributed by atoms with E-state index in [1.807, 2.05) is 57.2 Å². The van der Waals surface area contributed by atoms with E-state index >= 15 is 0 Å². The predicted molar refractivity (Wildman–Crippen MR) is 143 cm³/mol. The van der Waals surface area contributed by atoms with E-state index < -0.39 is 13.5 Å². The highest BCUT2D eigenvalue weighted by Crippen LogP contribution is 2.54. The zero-order valence-electron chi connectivity index (χ0n) is 21.2. The Labute approximate surface area is 213 Å². The summed E-state index contributed by atoms with van der Waals surface area (Å²) in [6, 6.07) is 11.7. The maximum atomic E-state index is 13.8. The van der Waals surface area contributed by atoms with Crippen LogP contribution in [0.5, 0.6) is 0 Å². The molecule has 0 bridgehead atoms. The van der Waals surface area contributed by atoms with Gasteiger partial charge in [-0.15, -0.1) is 0 Å². The Bertz CT molecular complexity index is 1160. The van der Waals surface area contributed by atoms with Crippen molar-refractivity contribution in [3.05, 3.63) is 60.6 Å². The van der Waals surface area contributed by atoms with Gasteiger partial charge in [-0.1, -0.05) is 12.5 Å². The summed E-state index contributed by atoms with van der Waals surface area (Å²) < 4.78 is 25.3. The Balaban J connectivity index is 1.59. The predicted octanol–water partition coefficient (Wildman–Crippen LogP) is 6.04. The minimum atomic E-state index is -3.43. The summed E-state index contributed by atoms with van der Waals surface area (Å²) in [6.45, 7) is 8.01. The Morgan fingerprint density at radius 2 is 1.83 bits per heavy atom. The molecule has 0 saturated carbocycles. The number of likely N-dealkylation sites (tertiary alicyclic amines) is 1. The van der Waals surface area contributed by atoms with Crippen LogP contribution in [0.15, 0.2) is 55.0 Å². The van der Waals surface area contributed by atoms with E-state index in [2.05, 4.69) is 30.5 Å². The molecule has 0 spiro atoms. The molecule has 192 valence electrons. The average molecular weight is 511 g/mol. The van der Waals surface area contributed by atoms with Crippen molar-refractivity contribution in [1.82, 2.24) is 19.9 Å². The Hall–Kier alpha value is -2.84. The Morgan fingerprint density at radius 3 is 2.53 bits per heavy atom. The number of rotatable bonds is 11. The molecule has 0 aliphatic carbocycles. The number of pyridine rings is 1. The van der Waals surface area contributed by atoms with Crippen LogP contribution < -0.4 is 10.6 Å². The molecule has 1 aliphatic heterocycles. The zero-order valence-corrected chi connectivity index (χ0v) is 22.1. The van der Waals surface area contributed by atoms with Gasteiger partial charge in [-0.25, -0.2) is 9.97 Å². The van der Waals surface area contributed by atoms with Crippen LogP contribution in [0.25, 0.3) is 11.3 Å². The molecule has 4 rings (SSSR count). The Morgan fingerprint density at radius 1 is 1.06 bits per heavy atom. The normalized spacial score (nSPS) is 15.4. The van der Waals surface area contributed by atoms with Gasteiger partial charge in [0.2, 0.25) is 5.95 Å². The summed E-state index contributed by atoms with van der Waals surface area (Å²) in [7, 11) is -3.43. The molecule has 1 aliphatic rings. The number of aryl methyl sites for hydroxylation is 1. The van der Waals surface area contributed by atoms with Crippen molar-refractivity contribution in [2.24, 2.45) is 0 Å². The zero-order chi connectivity index (χ0) is 25.4. The average Bonchev–Trinajstić information content (AvgIpc) is 2.90. The van der Waals surface area contributed by atoms with Gasteiger partial charge in [-0.05, 0) is 69.5 Å². The molecule has 0 radical (unpaired) electrons. The van der Waals surface area contributed by atoms with Crippen LogP contribution in [0.1, 0.15) is 38.7 Å². The number of benzene rings is 1. The molecule has 1 saturated heterocycles. The van der Waals surface area contributed by atoms with Crippen LogP contribution in [0.3, 0.4) is 0 Å². The molecule has 3 aromatic rings. The number of nitrogens with one attached hydrogen (secondary N) is 2. The van der Waals surface area contributed by atoms with Gasteiger partial charge in [0.15, 0.2) is 5.91 Å². The van der Waals surface area contributed by atoms with Crippen LogP contribution in [0.4, 0.5) is 17.3 Å². The van der Waals surface area contributed by atoms with E-state index in [9.17, 15) is 4.57 Å². The van der Waals surface area contributed by atoms with Crippen molar-refractivity contribution >= 4 is 24.9 Å². The summed E-state index contributed by atoms with van der Waals surface area (Å²) >= 11 is 0. The van der Waals surface area contributed by atoms with Crippen molar-refractivity contribution in [2.45, 2.75) is 45.9 Å². The maximum absolute atomic E-state index is 13.8. The van der Waals surface area contributed by atoms with Gasteiger partial charge in [-0.2, -0.15) is 0 Å². The molecule has 2 aromatic heterocycles. The third-order valence-corrected chi connectivity index (χ3v) is 8.34.